The van der Waals surface area contributed by atoms with Gasteiger partial charge in [0.1, 0.15) is 0 Å². The number of hydrogen-bond donors (Lipinski definition) is 0. The van der Waals surface area contributed by atoms with Crippen LogP contribution in [0.3, 0.4) is 0 Å². The number of benzene rings is 1. The monoisotopic (exact) mass is 485 g/mol. The molecule has 0 saturated heterocycles. The molecule has 0 saturated carbocycles. The van der Waals surface area contributed by atoms with E-state index in [0.29, 0.717) is 16.9 Å². The van der Waals surface area contributed by atoms with Crippen LogP contribution in [0.5, 0.6) is 0 Å². The van der Waals surface area contributed by atoms with Crippen LogP contribution in [-0.2, 0) is 26.5 Å². The van der Waals surface area contributed by atoms with Crippen LogP contribution in [0, 0.1) is 0 Å². The molecule has 1 heterocycles. The average molecular weight is 486 g/mol. The largest absolute Gasteiger partial charge is 0.545 e. The number of carbonyl (C=O) groups is 1. The zero-order chi connectivity index (χ0) is 25.4. The molecule has 0 bridgehead atoms. The topological polar surface area (TPSA) is 74.3 Å². The first-order valence-corrected chi connectivity index (χ1v) is 14.3. The van der Waals surface area contributed by atoms with Gasteiger partial charge in [0, 0.05) is 0 Å². The van der Waals surface area contributed by atoms with E-state index in [1.165, 1.54) is 25.7 Å². The maximum atomic E-state index is 13.1. The Morgan fingerprint density at radius 3 is 2.44 bits per heavy atom. The molecule has 2 rings (SSSR count). The first-order chi connectivity index (χ1) is 16.0. The maximum Gasteiger partial charge on any atom is 0.178 e. The van der Waals surface area contributed by atoms with Gasteiger partial charge in [-0.05, 0) is 91.0 Å². The molecule has 1 aliphatic heterocycles. The van der Waals surface area contributed by atoms with Crippen LogP contribution in [-0.4, -0.2) is 20.1 Å². The summed E-state index contributed by atoms with van der Waals surface area (Å²) in [5.74, 6) is -1.00. The molecule has 0 amide bonds. The van der Waals surface area contributed by atoms with Gasteiger partial charge in [-0.25, -0.2) is 8.42 Å². The molecule has 5 heteroatoms. The smallest absolute Gasteiger partial charge is 0.178 e. The Kier molecular flexibility index (Phi) is 10.4. The van der Waals surface area contributed by atoms with Gasteiger partial charge in [-0.1, -0.05) is 71.1 Å². The molecule has 1 aliphatic rings. The second-order valence-corrected chi connectivity index (χ2v) is 12.3. The summed E-state index contributed by atoms with van der Waals surface area (Å²) in [5, 5.41) is 10.7. The molecule has 0 aromatic heterocycles. The van der Waals surface area contributed by atoms with Gasteiger partial charge < -0.3 is 9.90 Å². The van der Waals surface area contributed by atoms with Crippen molar-refractivity contribution in [2.24, 2.45) is 0 Å². The minimum absolute atomic E-state index is 0.209. The molecule has 4 nitrogen and oxygen atoms in total. The van der Waals surface area contributed by atoms with Gasteiger partial charge in [-0.3, -0.25) is 0 Å². The highest BCUT2D eigenvalue weighted by Crippen LogP contribution is 2.40. The van der Waals surface area contributed by atoms with Crippen LogP contribution in [0.25, 0.3) is 5.57 Å². The second-order valence-electron chi connectivity index (χ2n) is 10.2. The van der Waals surface area contributed by atoms with Crippen molar-refractivity contribution in [3.8, 4) is 0 Å². The van der Waals surface area contributed by atoms with Crippen LogP contribution in [0.4, 0.5) is 0 Å². The number of aryl methyl sites for hydroxylation is 1. The Hall–Kier alpha value is -2.14. The summed E-state index contributed by atoms with van der Waals surface area (Å²) < 4.78 is 26.2. The van der Waals surface area contributed by atoms with Gasteiger partial charge in [-0.2, -0.15) is 0 Å². The first kappa shape index (κ1) is 28.1. The average Bonchev–Trinajstić information content (AvgIpc) is 2.82. The minimum Gasteiger partial charge on any atom is -0.545 e. The molecule has 188 valence electrons. The van der Waals surface area contributed by atoms with Crippen LogP contribution < -0.4 is 5.11 Å². The van der Waals surface area contributed by atoms with E-state index >= 15 is 0 Å². The van der Waals surface area contributed by atoms with Crippen molar-refractivity contribution >= 4 is 21.4 Å². The number of hydrogen-bond acceptors (Lipinski definition) is 4. The van der Waals surface area contributed by atoms with E-state index in [-0.39, 0.29) is 11.2 Å². The van der Waals surface area contributed by atoms with Crippen molar-refractivity contribution in [2.75, 3.05) is 5.75 Å². The summed E-state index contributed by atoms with van der Waals surface area (Å²) in [6, 6.07) is 4.05. The van der Waals surface area contributed by atoms with E-state index in [1.807, 2.05) is 25.1 Å². The third-order valence-corrected chi connectivity index (χ3v) is 8.59. The molecule has 0 spiro atoms. The third-order valence-electron chi connectivity index (χ3n) is 6.76. The summed E-state index contributed by atoms with van der Waals surface area (Å²) in [7, 11) is -3.30. The van der Waals surface area contributed by atoms with Gasteiger partial charge in [0.25, 0.3) is 0 Å². The second kappa shape index (κ2) is 12.5. The summed E-state index contributed by atoms with van der Waals surface area (Å²) in [6.45, 7) is 10.2. The Labute approximate surface area is 206 Å². The van der Waals surface area contributed by atoms with Gasteiger partial charge in [-0.15, -0.1) is 0 Å². The van der Waals surface area contributed by atoms with Gasteiger partial charge in [0.15, 0.2) is 9.84 Å². The van der Waals surface area contributed by atoms with E-state index in [4.69, 9.17) is 0 Å². The molecule has 0 fully saturated rings. The highest BCUT2D eigenvalue weighted by molar-refractivity contribution is 7.91. The highest BCUT2D eigenvalue weighted by Gasteiger charge is 2.33. The number of fused-ring (bicyclic) bond motifs is 1. The summed E-state index contributed by atoms with van der Waals surface area (Å²) in [4.78, 5) is 11.3. The number of carboxylic acid groups (broad SMARTS) is 1. The van der Waals surface area contributed by atoms with Crippen molar-refractivity contribution in [1.29, 1.82) is 0 Å². The number of carboxylic acids is 1. The van der Waals surface area contributed by atoms with E-state index < -0.39 is 15.8 Å². The van der Waals surface area contributed by atoms with E-state index in [1.54, 1.807) is 13.0 Å². The SMILES string of the molecule is CCCCCCCCc1cc2c(cc1/C(C)=C/C=C/C(C)=C/C(=O)[O-])C(C)(C)CCCS2(=O)=O. The molecule has 0 radical (unpaired) electrons. The predicted molar refractivity (Wildman–Crippen MR) is 139 cm³/mol. The van der Waals surface area contributed by atoms with Gasteiger partial charge in [0.05, 0.1) is 16.6 Å². The lowest BCUT2D eigenvalue weighted by Crippen LogP contribution is -2.19. The minimum atomic E-state index is -3.30. The zero-order valence-electron chi connectivity index (χ0n) is 21.6. The molecule has 0 N–H and O–H groups in total. The summed E-state index contributed by atoms with van der Waals surface area (Å²) in [6.07, 6.45) is 16.1. The summed E-state index contributed by atoms with van der Waals surface area (Å²) >= 11 is 0. The Morgan fingerprint density at radius 1 is 1.09 bits per heavy atom. The Morgan fingerprint density at radius 2 is 1.76 bits per heavy atom. The molecule has 34 heavy (non-hydrogen) atoms. The first-order valence-electron chi connectivity index (χ1n) is 12.6. The number of sulfone groups is 1. The molecule has 0 unspecified atom stereocenters. The Bertz CT molecular complexity index is 1060. The third kappa shape index (κ3) is 7.97. The molecular weight excluding hydrogens is 444 g/mol. The van der Waals surface area contributed by atoms with Crippen molar-refractivity contribution in [1.82, 2.24) is 0 Å². The molecule has 0 aliphatic carbocycles. The molecular formula is C29H41O4S-. The van der Waals surface area contributed by atoms with E-state index in [2.05, 4.69) is 26.8 Å². The maximum absolute atomic E-state index is 13.1. The predicted octanol–water partition coefficient (Wildman–Crippen LogP) is 6.09. The number of rotatable bonds is 11. The van der Waals surface area contributed by atoms with E-state index in [0.717, 1.165) is 54.0 Å². The number of unbranched alkanes of at least 4 members (excludes halogenated alkanes) is 5. The van der Waals surface area contributed by atoms with Crippen LogP contribution in [0.2, 0.25) is 0 Å². The summed E-state index contributed by atoms with van der Waals surface area (Å²) in [5.41, 5.74) is 4.51. The Balaban J connectivity index is 2.47. The van der Waals surface area contributed by atoms with E-state index in [9.17, 15) is 18.3 Å². The fraction of sp³-hybridized carbons (Fsp3) is 0.552. The van der Waals surface area contributed by atoms with Crippen molar-refractivity contribution in [2.45, 2.75) is 103 Å². The quantitative estimate of drug-likeness (QED) is 0.216. The normalized spacial score (nSPS) is 18.0. The number of carbonyl (C=O) groups excluding carboxylic acids is 1. The lowest BCUT2D eigenvalue weighted by atomic mass is 9.78. The van der Waals surface area contributed by atoms with Gasteiger partial charge in [0.2, 0.25) is 0 Å². The molecule has 0 atom stereocenters. The zero-order valence-corrected chi connectivity index (χ0v) is 22.4. The van der Waals surface area contributed by atoms with Crippen LogP contribution in [0.1, 0.15) is 103 Å². The lowest BCUT2D eigenvalue weighted by Gasteiger charge is -2.27. The van der Waals surface area contributed by atoms with Crippen LogP contribution in [0.15, 0.2) is 46.9 Å². The van der Waals surface area contributed by atoms with Crippen molar-refractivity contribution < 1.29 is 18.3 Å². The molecule has 1 aromatic rings. The highest BCUT2D eigenvalue weighted by atomic mass is 32.2. The van der Waals surface area contributed by atoms with Crippen molar-refractivity contribution in [3.05, 3.63) is 58.7 Å². The van der Waals surface area contributed by atoms with Crippen LogP contribution >= 0.6 is 0 Å². The molecule has 1 aromatic carbocycles. The number of allylic oxidation sites excluding steroid dienone is 5. The fourth-order valence-electron chi connectivity index (χ4n) is 4.69. The standard InChI is InChI=1S/C29H42O4S/c1-6-7-8-9-10-11-16-24-20-27-26(29(4,5)17-13-18-34(27,32)33)21-25(24)23(3)15-12-14-22(2)19-28(30)31/h12,14-15,19-21H,6-11,13,16-18H2,1-5H3,(H,30,31)/p-1/b14-12+,22-19+,23-15+. The van der Waals surface area contributed by atoms with Crippen molar-refractivity contribution in [3.63, 3.8) is 0 Å². The number of aliphatic carboxylic acids is 1. The fourth-order valence-corrected chi connectivity index (χ4v) is 6.43. The van der Waals surface area contributed by atoms with Gasteiger partial charge >= 0.3 is 0 Å². The lowest BCUT2D eigenvalue weighted by molar-refractivity contribution is -0.297.